The zero-order valence-electron chi connectivity index (χ0n) is 17.2. The molecule has 0 amide bonds. The maximum Gasteiger partial charge on any atom is 0.192 e. The molecule has 0 spiro atoms. The number of ether oxygens (including phenoxy) is 1. The van der Waals surface area contributed by atoms with Gasteiger partial charge in [-0.3, -0.25) is 4.98 Å². The molecule has 1 rings (SSSR count). The Kier molecular flexibility index (Phi) is 10.1. The Labute approximate surface area is 170 Å². The number of halogens is 2. The minimum absolute atomic E-state index is 0.0815. The summed E-state index contributed by atoms with van der Waals surface area (Å²) in [6, 6.07) is 3.30. The van der Waals surface area contributed by atoms with Gasteiger partial charge in [0, 0.05) is 24.6 Å². The lowest BCUT2D eigenvalue weighted by molar-refractivity contribution is -0.0194. The second kappa shape index (κ2) is 11.0. The van der Waals surface area contributed by atoms with Gasteiger partial charge in [-0.25, -0.2) is 0 Å². The maximum atomic E-state index is 6.81. The Hall–Kier alpha value is -0.133. The van der Waals surface area contributed by atoms with Gasteiger partial charge in [0.05, 0.1) is 21.8 Å². The van der Waals surface area contributed by atoms with Crippen LogP contribution in [-0.2, 0) is 9.16 Å². The molecule has 0 aliphatic rings. The SMILES string of the molecule is CCOC(C)(C)CCCC(O[Si](CC)(CC)CC)c1c(Cl)cncc1Cl. The van der Waals surface area contributed by atoms with Crippen molar-refractivity contribution in [2.24, 2.45) is 0 Å². The summed E-state index contributed by atoms with van der Waals surface area (Å²) >= 11 is 12.9. The van der Waals surface area contributed by atoms with E-state index < -0.39 is 8.32 Å². The lowest BCUT2D eigenvalue weighted by atomic mass is 9.97. The molecule has 26 heavy (non-hydrogen) atoms. The third-order valence-corrected chi connectivity index (χ3v) is 10.6. The topological polar surface area (TPSA) is 31.4 Å². The van der Waals surface area contributed by atoms with Crippen LogP contribution < -0.4 is 0 Å². The van der Waals surface area contributed by atoms with Gasteiger partial charge in [0.2, 0.25) is 0 Å². The molecule has 3 nitrogen and oxygen atoms in total. The van der Waals surface area contributed by atoms with Gasteiger partial charge in [0.25, 0.3) is 0 Å². The van der Waals surface area contributed by atoms with Crippen LogP contribution in [-0.4, -0.2) is 25.5 Å². The highest BCUT2D eigenvalue weighted by Gasteiger charge is 2.34. The van der Waals surface area contributed by atoms with Crippen LogP contribution in [0.15, 0.2) is 12.4 Å². The van der Waals surface area contributed by atoms with Crippen molar-refractivity contribution in [2.45, 2.75) is 90.6 Å². The van der Waals surface area contributed by atoms with E-state index in [4.69, 9.17) is 32.4 Å². The van der Waals surface area contributed by atoms with E-state index in [0.717, 1.165) is 49.6 Å². The summed E-state index contributed by atoms with van der Waals surface area (Å²) in [7, 11) is -1.79. The van der Waals surface area contributed by atoms with E-state index in [2.05, 4.69) is 39.6 Å². The molecule has 0 aliphatic carbocycles. The average Bonchev–Trinajstić information content (AvgIpc) is 2.59. The first-order valence-corrected chi connectivity index (χ1v) is 13.1. The first kappa shape index (κ1) is 23.9. The van der Waals surface area contributed by atoms with Crippen molar-refractivity contribution < 1.29 is 9.16 Å². The highest BCUT2D eigenvalue weighted by atomic mass is 35.5. The fourth-order valence-corrected chi connectivity index (χ4v) is 6.92. The first-order valence-electron chi connectivity index (χ1n) is 9.84. The molecule has 1 aromatic rings. The predicted molar refractivity (Wildman–Crippen MR) is 115 cm³/mol. The summed E-state index contributed by atoms with van der Waals surface area (Å²) in [5.41, 5.74) is 0.768. The molecule has 0 saturated carbocycles. The fourth-order valence-electron chi connectivity index (χ4n) is 3.47. The highest BCUT2D eigenvalue weighted by molar-refractivity contribution is 6.73. The van der Waals surface area contributed by atoms with Crippen LogP contribution in [0.4, 0.5) is 0 Å². The van der Waals surface area contributed by atoms with Crippen molar-refractivity contribution >= 4 is 31.5 Å². The summed E-state index contributed by atoms with van der Waals surface area (Å²) < 4.78 is 12.6. The van der Waals surface area contributed by atoms with Crippen LogP contribution in [0.2, 0.25) is 28.2 Å². The minimum atomic E-state index is -1.79. The predicted octanol–water partition coefficient (Wildman–Crippen LogP) is 7.44. The standard InChI is InChI=1S/C20H35Cl2NO2Si/c1-7-24-20(5,6)13-11-12-18(25-26(8-2,9-3)10-4)19-16(21)14-23-15-17(19)22/h14-15,18H,7-13H2,1-6H3. The molecule has 0 fully saturated rings. The number of aromatic nitrogens is 1. The zero-order valence-corrected chi connectivity index (χ0v) is 19.7. The van der Waals surface area contributed by atoms with Crippen molar-refractivity contribution in [3.05, 3.63) is 28.0 Å². The van der Waals surface area contributed by atoms with E-state index >= 15 is 0 Å². The lowest BCUT2D eigenvalue weighted by Crippen LogP contribution is -2.37. The van der Waals surface area contributed by atoms with Gasteiger partial charge in [-0.1, -0.05) is 44.0 Å². The van der Waals surface area contributed by atoms with E-state index in [-0.39, 0.29) is 11.7 Å². The second-order valence-electron chi connectivity index (χ2n) is 7.45. The fraction of sp³-hybridized carbons (Fsp3) is 0.750. The summed E-state index contributed by atoms with van der Waals surface area (Å²) in [5.74, 6) is 0. The van der Waals surface area contributed by atoms with Crippen LogP contribution in [0.25, 0.3) is 0 Å². The van der Waals surface area contributed by atoms with E-state index in [1.807, 2.05) is 6.92 Å². The van der Waals surface area contributed by atoms with Gasteiger partial charge in [-0.05, 0) is 58.2 Å². The molecule has 0 aliphatic heterocycles. The summed E-state index contributed by atoms with van der Waals surface area (Å²) in [4.78, 5) is 4.10. The van der Waals surface area contributed by atoms with Crippen molar-refractivity contribution in [3.8, 4) is 0 Å². The van der Waals surface area contributed by atoms with Crippen LogP contribution in [0.1, 0.15) is 72.5 Å². The smallest absolute Gasteiger partial charge is 0.192 e. The van der Waals surface area contributed by atoms with Crippen molar-refractivity contribution in [1.29, 1.82) is 0 Å². The zero-order chi connectivity index (χ0) is 19.8. The summed E-state index contributed by atoms with van der Waals surface area (Å²) in [6.45, 7) is 13.8. The average molecular weight is 420 g/mol. The number of hydrogen-bond acceptors (Lipinski definition) is 3. The van der Waals surface area contributed by atoms with Gasteiger partial charge < -0.3 is 9.16 Å². The minimum Gasteiger partial charge on any atom is -0.410 e. The van der Waals surface area contributed by atoms with Crippen molar-refractivity contribution in [2.75, 3.05) is 6.61 Å². The number of hydrogen-bond donors (Lipinski definition) is 0. The number of rotatable bonds is 12. The highest BCUT2D eigenvalue weighted by Crippen LogP contribution is 2.39. The van der Waals surface area contributed by atoms with Gasteiger partial charge in [0.1, 0.15) is 0 Å². The molecule has 1 aromatic heterocycles. The normalized spacial score (nSPS) is 13.8. The third-order valence-electron chi connectivity index (χ3n) is 5.32. The van der Waals surface area contributed by atoms with Crippen molar-refractivity contribution in [1.82, 2.24) is 4.98 Å². The molecule has 0 N–H and O–H groups in total. The second-order valence-corrected chi connectivity index (χ2v) is 13.0. The molecule has 1 atom stereocenters. The molecule has 150 valence electrons. The molecule has 1 unspecified atom stereocenters. The Morgan fingerprint density at radius 2 is 1.58 bits per heavy atom. The molecular formula is C20H35Cl2NO2Si. The molecule has 0 aromatic carbocycles. The monoisotopic (exact) mass is 419 g/mol. The van der Waals surface area contributed by atoms with E-state index in [0.29, 0.717) is 10.0 Å². The van der Waals surface area contributed by atoms with Crippen LogP contribution >= 0.6 is 23.2 Å². The van der Waals surface area contributed by atoms with Gasteiger partial charge in [0.15, 0.2) is 8.32 Å². The first-order chi connectivity index (χ1) is 12.2. The maximum absolute atomic E-state index is 6.81. The van der Waals surface area contributed by atoms with E-state index in [1.54, 1.807) is 12.4 Å². The Morgan fingerprint density at radius 3 is 2.04 bits per heavy atom. The van der Waals surface area contributed by atoms with Crippen molar-refractivity contribution in [3.63, 3.8) is 0 Å². The molecule has 1 heterocycles. The molecule has 0 bridgehead atoms. The Balaban J connectivity index is 3.03. The molecule has 6 heteroatoms. The molecular weight excluding hydrogens is 385 g/mol. The number of pyridine rings is 1. The molecule has 0 radical (unpaired) electrons. The largest absolute Gasteiger partial charge is 0.410 e. The number of nitrogens with zero attached hydrogens (tertiary/aromatic N) is 1. The van der Waals surface area contributed by atoms with E-state index in [9.17, 15) is 0 Å². The lowest BCUT2D eigenvalue weighted by Gasteiger charge is -2.35. The van der Waals surface area contributed by atoms with Gasteiger partial charge in [-0.2, -0.15) is 0 Å². The Bertz CT molecular complexity index is 522. The van der Waals surface area contributed by atoms with Crippen LogP contribution in [0.5, 0.6) is 0 Å². The molecule has 0 saturated heterocycles. The van der Waals surface area contributed by atoms with E-state index in [1.165, 1.54) is 0 Å². The van der Waals surface area contributed by atoms with Crippen LogP contribution in [0.3, 0.4) is 0 Å². The Morgan fingerprint density at radius 1 is 1.04 bits per heavy atom. The quantitative estimate of drug-likeness (QED) is 0.329. The van der Waals surface area contributed by atoms with Gasteiger partial charge in [-0.15, -0.1) is 0 Å². The summed E-state index contributed by atoms with van der Waals surface area (Å²) in [6.07, 6.45) is 6.09. The third kappa shape index (κ3) is 6.79. The summed E-state index contributed by atoms with van der Waals surface area (Å²) in [5, 5.41) is 1.19. The van der Waals surface area contributed by atoms with Crippen LogP contribution in [0, 0.1) is 0 Å². The van der Waals surface area contributed by atoms with Gasteiger partial charge >= 0.3 is 0 Å².